The Morgan fingerprint density at radius 1 is 0.959 bits per heavy atom. The molecule has 0 saturated heterocycles. The quantitative estimate of drug-likeness (QED) is 0.130. The molecule has 1 aromatic heterocycles. The number of aromatic hydroxyl groups is 1. The van der Waals surface area contributed by atoms with Crippen molar-refractivity contribution in [2.45, 2.75) is 70.8 Å². The van der Waals surface area contributed by atoms with Crippen LogP contribution in [0.3, 0.4) is 0 Å². The molecule has 254 valence electrons. The second-order valence-corrected chi connectivity index (χ2v) is 14.6. The molecule has 1 aliphatic heterocycles. The number of benzene rings is 4. The van der Waals surface area contributed by atoms with Crippen molar-refractivity contribution in [1.82, 2.24) is 9.47 Å². The standard InChI is InChI=1S/C41H44N2O5S/c1-7-47-39(45)38-33-23-36(44)32(29-17-19-42(20-18-29)40(46)48-41(4,5)6)22-34(33)43(24-30-13-10-12-28-11-8-9-14-31(28)30)35(38)25-49-37-16-15-26(2)21-27(37)3/h8-17,21-23,44H,7,18-20,24-25H2,1-6H3. The molecule has 0 aliphatic carbocycles. The van der Waals surface area contributed by atoms with Crippen molar-refractivity contribution in [3.05, 3.63) is 112 Å². The molecule has 8 heteroatoms. The lowest BCUT2D eigenvalue weighted by Crippen LogP contribution is -2.39. The number of nitrogens with zero attached hydrogens (tertiary/aromatic N) is 2. The van der Waals surface area contributed by atoms with Gasteiger partial charge in [0.15, 0.2) is 0 Å². The molecule has 0 saturated carbocycles. The summed E-state index contributed by atoms with van der Waals surface area (Å²) < 4.78 is 13.5. The number of amides is 1. The van der Waals surface area contributed by atoms with E-state index < -0.39 is 11.6 Å². The van der Waals surface area contributed by atoms with Crippen molar-refractivity contribution in [3.63, 3.8) is 0 Å². The van der Waals surface area contributed by atoms with Crippen LogP contribution >= 0.6 is 11.8 Å². The predicted molar refractivity (Wildman–Crippen MR) is 198 cm³/mol. The van der Waals surface area contributed by atoms with Gasteiger partial charge >= 0.3 is 12.1 Å². The van der Waals surface area contributed by atoms with E-state index in [0.717, 1.165) is 38.0 Å². The van der Waals surface area contributed by atoms with Crippen LogP contribution < -0.4 is 0 Å². The Labute approximate surface area is 292 Å². The minimum absolute atomic E-state index is 0.0888. The van der Waals surface area contributed by atoms with Crippen LogP contribution in [0.2, 0.25) is 0 Å². The fourth-order valence-corrected chi connectivity index (χ4v) is 7.61. The number of carbonyl (C=O) groups excluding carboxylic acids is 2. The average molecular weight is 677 g/mol. The van der Waals surface area contributed by atoms with E-state index in [1.54, 1.807) is 22.7 Å². The highest BCUT2D eigenvalue weighted by atomic mass is 32.2. The highest BCUT2D eigenvalue weighted by molar-refractivity contribution is 7.98. The molecule has 6 rings (SSSR count). The summed E-state index contributed by atoms with van der Waals surface area (Å²) in [5.41, 5.74) is 6.74. The average Bonchev–Trinajstić information content (AvgIpc) is 3.35. The van der Waals surface area contributed by atoms with Crippen molar-refractivity contribution >= 4 is 51.1 Å². The first kappa shape index (κ1) is 34.2. The maximum Gasteiger partial charge on any atom is 0.410 e. The Morgan fingerprint density at radius 3 is 2.45 bits per heavy atom. The van der Waals surface area contributed by atoms with Gasteiger partial charge in [0.25, 0.3) is 0 Å². The summed E-state index contributed by atoms with van der Waals surface area (Å²) in [5, 5.41) is 14.5. The number of ether oxygens (including phenoxy) is 2. The van der Waals surface area contributed by atoms with Crippen LogP contribution in [0.4, 0.5) is 4.79 Å². The summed E-state index contributed by atoms with van der Waals surface area (Å²) >= 11 is 1.69. The number of aryl methyl sites for hydroxylation is 2. The van der Waals surface area contributed by atoms with Crippen LogP contribution in [0.25, 0.3) is 27.2 Å². The van der Waals surface area contributed by atoms with Crippen LogP contribution in [0, 0.1) is 13.8 Å². The molecule has 0 unspecified atom stereocenters. The molecule has 2 heterocycles. The predicted octanol–water partition coefficient (Wildman–Crippen LogP) is 9.66. The minimum atomic E-state index is -0.579. The van der Waals surface area contributed by atoms with E-state index in [-0.39, 0.29) is 18.4 Å². The van der Waals surface area contributed by atoms with Gasteiger partial charge in [-0.15, -0.1) is 11.8 Å². The second kappa shape index (κ2) is 14.0. The number of aromatic nitrogens is 1. The van der Waals surface area contributed by atoms with Gasteiger partial charge in [0.2, 0.25) is 0 Å². The number of phenolic OH excluding ortho intramolecular Hbond substituents is 1. The third kappa shape index (κ3) is 7.35. The molecular weight excluding hydrogens is 633 g/mol. The number of fused-ring (bicyclic) bond motifs is 2. The van der Waals surface area contributed by atoms with E-state index in [1.165, 1.54) is 11.1 Å². The molecular formula is C41H44N2O5S. The van der Waals surface area contributed by atoms with Gasteiger partial charge in [0.1, 0.15) is 11.4 Å². The van der Waals surface area contributed by atoms with Crippen molar-refractivity contribution in [3.8, 4) is 5.75 Å². The van der Waals surface area contributed by atoms with Crippen LogP contribution in [-0.2, 0) is 21.8 Å². The number of hydrogen-bond acceptors (Lipinski definition) is 6. The molecule has 0 bridgehead atoms. The topological polar surface area (TPSA) is 81.0 Å². The molecule has 49 heavy (non-hydrogen) atoms. The number of esters is 1. The summed E-state index contributed by atoms with van der Waals surface area (Å²) in [4.78, 5) is 29.4. The molecule has 0 atom stereocenters. The molecule has 1 amide bonds. The molecule has 0 fully saturated rings. The summed E-state index contributed by atoms with van der Waals surface area (Å²) in [6.07, 6.45) is 2.19. The maximum atomic E-state index is 13.8. The Balaban J connectivity index is 1.49. The van der Waals surface area contributed by atoms with Gasteiger partial charge in [-0.3, -0.25) is 0 Å². The largest absolute Gasteiger partial charge is 0.507 e. The third-order valence-corrected chi connectivity index (χ3v) is 10.1. The lowest BCUT2D eigenvalue weighted by Gasteiger charge is -2.29. The molecule has 7 nitrogen and oxygen atoms in total. The Hall–Kier alpha value is -4.69. The monoisotopic (exact) mass is 676 g/mol. The smallest absolute Gasteiger partial charge is 0.410 e. The molecule has 0 radical (unpaired) electrons. The Morgan fingerprint density at radius 2 is 1.73 bits per heavy atom. The zero-order chi connectivity index (χ0) is 34.9. The molecule has 5 aromatic rings. The van der Waals surface area contributed by atoms with E-state index in [4.69, 9.17) is 9.47 Å². The fourth-order valence-electron chi connectivity index (χ4n) is 6.57. The summed E-state index contributed by atoms with van der Waals surface area (Å²) in [5.74, 6) is 0.213. The van der Waals surface area contributed by atoms with Crippen molar-refractivity contribution in [2.75, 3.05) is 19.7 Å². The number of phenols is 1. The highest BCUT2D eigenvalue weighted by Gasteiger charge is 2.28. The van der Waals surface area contributed by atoms with Crippen LogP contribution in [0.5, 0.6) is 5.75 Å². The van der Waals surface area contributed by atoms with Gasteiger partial charge < -0.3 is 24.0 Å². The van der Waals surface area contributed by atoms with Gasteiger partial charge in [-0.25, -0.2) is 9.59 Å². The number of rotatable bonds is 8. The number of carbonyl (C=O) groups is 2. The highest BCUT2D eigenvalue weighted by Crippen LogP contribution is 2.40. The summed E-state index contributed by atoms with van der Waals surface area (Å²) in [6, 6.07) is 24.8. The third-order valence-electron chi connectivity index (χ3n) is 8.88. The van der Waals surface area contributed by atoms with Gasteiger partial charge in [-0.2, -0.15) is 0 Å². The maximum absolute atomic E-state index is 13.8. The van der Waals surface area contributed by atoms with Crippen LogP contribution in [0.15, 0.2) is 83.8 Å². The van der Waals surface area contributed by atoms with Crippen molar-refractivity contribution in [2.24, 2.45) is 0 Å². The summed E-state index contributed by atoms with van der Waals surface area (Å²) in [6.45, 7) is 13.2. The van der Waals surface area contributed by atoms with Crippen molar-refractivity contribution in [1.29, 1.82) is 0 Å². The van der Waals surface area contributed by atoms with Crippen LogP contribution in [-0.4, -0.2) is 51.9 Å². The molecule has 1 aliphatic rings. The lowest BCUT2D eigenvalue weighted by molar-refractivity contribution is 0.0270. The second-order valence-electron chi connectivity index (χ2n) is 13.6. The lowest BCUT2D eigenvalue weighted by atomic mass is 9.97. The Bertz CT molecular complexity index is 2080. The van der Waals surface area contributed by atoms with Crippen LogP contribution in [0.1, 0.15) is 72.4 Å². The van der Waals surface area contributed by atoms with Gasteiger partial charge in [0, 0.05) is 46.9 Å². The Kier molecular flexibility index (Phi) is 9.79. The zero-order valence-corrected chi connectivity index (χ0v) is 29.9. The van der Waals surface area contributed by atoms with E-state index >= 15 is 0 Å². The number of hydrogen-bond donors (Lipinski definition) is 1. The first-order valence-electron chi connectivity index (χ1n) is 16.8. The fraction of sp³-hybridized carbons (Fsp3) is 0.317. The zero-order valence-electron chi connectivity index (χ0n) is 29.1. The SMILES string of the molecule is CCOC(=O)c1c(CSc2ccc(C)cc2C)n(Cc2cccc3ccccc23)c2cc(C3=CCN(C(=O)OC(C)(C)C)CC3)c(O)cc12. The van der Waals surface area contributed by atoms with E-state index in [9.17, 15) is 14.7 Å². The van der Waals surface area contributed by atoms with Crippen molar-refractivity contribution < 1.29 is 24.2 Å². The molecule has 1 N–H and O–H groups in total. The van der Waals surface area contributed by atoms with Gasteiger partial charge in [0.05, 0.1) is 17.7 Å². The summed E-state index contributed by atoms with van der Waals surface area (Å²) in [7, 11) is 0. The first-order chi connectivity index (χ1) is 23.4. The van der Waals surface area contributed by atoms with E-state index in [1.807, 2.05) is 52.0 Å². The van der Waals surface area contributed by atoms with E-state index in [2.05, 4.69) is 66.9 Å². The van der Waals surface area contributed by atoms with E-state index in [0.29, 0.717) is 48.3 Å². The normalized spacial score (nSPS) is 13.5. The van der Waals surface area contributed by atoms with Gasteiger partial charge in [-0.05, 0) is 93.6 Å². The van der Waals surface area contributed by atoms with Gasteiger partial charge in [-0.1, -0.05) is 66.2 Å². The molecule has 4 aromatic carbocycles. The first-order valence-corrected chi connectivity index (χ1v) is 17.8. The number of thioether (sulfide) groups is 1. The minimum Gasteiger partial charge on any atom is -0.507 e. The molecule has 0 spiro atoms.